The van der Waals surface area contributed by atoms with Gasteiger partial charge in [0.05, 0.1) is 6.54 Å². The van der Waals surface area contributed by atoms with Gasteiger partial charge in [-0.1, -0.05) is 13.8 Å². The molecule has 3 nitrogen and oxygen atoms in total. The lowest BCUT2D eigenvalue weighted by atomic mass is 10.0. The zero-order chi connectivity index (χ0) is 14.4. The van der Waals surface area contributed by atoms with Crippen LogP contribution in [0.5, 0.6) is 0 Å². The first-order valence-electron chi connectivity index (χ1n) is 8.20. The van der Waals surface area contributed by atoms with Gasteiger partial charge in [0.15, 0.2) is 0 Å². The highest BCUT2D eigenvalue weighted by Crippen LogP contribution is 2.21. The molecule has 3 heteroatoms. The molecule has 2 heterocycles. The molecule has 0 aromatic carbocycles. The molecule has 0 radical (unpaired) electrons. The zero-order valence-corrected chi connectivity index (χ0v) is 13.4. The molecule has 0 bridgehead atoms. The van der Waals surface area contributed by atoms with Crippen LogP contribution in [0.2, 0.25) is 0 Å². The van der Waals surface area contributed by atoms with Crippen LogP contribution in [0.1, 0.15) is 56.6 Å². The Morgan fingerprint density at radius 1 is 1.35 bits per heavy atom. The number of hydrogen-bond donors (Lipinski definition) is 1. The van der Waals surface area contributed by atoms with Crippen LogP contribution in [-0.2, 0) is 13.1 Å². The van der Waals surface area contributed by atoms with Crippen molar-refractivity contribution in [2.45, 2.75) is 59.5 Å². The average molecular weight is 278 g/mol. The maximum atomic E-state index is 5.87. The lowest BCUT2D eigenvalue weighted by molar-refractivity contribution is 0.272. The Morgan fingerprint density at radius 2 is 2.20 bits per heavy atom. The second kappa shape index (κ2) is 7.84. The molecule has 1 atom stereocenters. The molecular weight excluding hydrogens is 248 g/mol. The second-order valence-electron chi connectivity index (χ2n) is 6.28. The summed E-state index contributed by atoms with van der Waals surface area (Å²) in [5.41, 5.74) is 1.37. The van der Waals surface area contributed by atoms with Crippen molar-refractivity contribution in [1.82, 2.24) is 10.2 Å². The summed E-state index contributed by atoms with van der Waals surface area (Å²) < 4.78 is 5.87. The summed E-state index contributed by atoms with van der Waals surface area (Å²) in [4.78, 5) is 2.59. The fourth-order valence-corrected chi connectivity index (χ4v) is 2.94. The number of likely N-dealkylation sites (tertiary alicyclic amines) is 1. The Hall–Kier alpha value is -0.800. The molecule has 1 N–H and O–H groups in total. The maximum absolute atomic E-state index is 5.87. The van der Waals surface area contributed by atoms with Crippen molar-refractivity contribution in [2.24, 2.45) is 5.92 Å². The van der Waals surface area contributed by atoms with Crippen molar-refractivity contribution < 1.29 is 4.42 Å². The second-order valence-corrected chi connectivity index (χ2v) is 6.28. The Morgan fingerprint density at radius 3 is 3.00 bits per heavy atom. The van der Waals surface area contributed by atoms with Gasteiger partial charge in [0, 0.05) is 12.1 Å². The van der Waals surface area contributed by atoms with Crippen molar-refractivity contribution >= 4 is 0 Å². The Labute approximate surface area is 123 Å². The molecule has 0 amide bonds. The number of nitrogens with one attached hydrogen (secondary N) is 1. The highest BCUT2D eigenvalue weighted by Gasteiger charge is 2.16. The molecule has 0 spiro atoms. The van der Waals surface area contributed by atoms with Gasteiger partial charge in [-0.15, -0.1) is 0 Å². The van der Waals surface area contributed by atoms with E-state index < -0.39 is 0 Å². The van der Waals surface area contributed by atoms with Crippen molar-refractivity contribution in [3.63, 3.8) is 0 Å². The van der Waals surface area contributed by atoms with Gasteiger partial charge < -0.3 is 9.73 Å². The number of aryl methyl sites for hydroxylation is 1. The normalized spacial score (nSPS) is 21.1. The molecule has 1 aliphatic rings. The molecule has 1 aromatic rings. The molecule has 0 aliphatic carbocycles. The molecule has 0 saturated carbocycles. The molecule has 2 rings (SSSR count). The molecule has 1 fully saturated rings. The zero-order valence-electron chi connectivity index (χ0n) is 13.4. The van der Waals surface area contributed by atoms with Gasteiger partial charge in [0.1, 0.15) is 11.5 Å². The first kappa shape index (κ1) is 15.6. The van der Waals surface area contributed by atoms with Gasteiger partial charge >= 0.3 is 0 Å². The predicted molar refractivity (Wildman–Crippen MR) is 83.7 cm³/mol. The highest BCUT2D eigenvalue weighted by atomic mass is 16.3. The third-order valence-electron chi connectivity index (χ3n) is 4.30. The number of furan rings is 1. The highest BCUT2D eigenvalue weighted by molar-refractivity contribution is 5.20. The molecule has 20 heavy (non-hydrogen) atoms. The van der Waals surface area contributed by atoms with Crippen LogP contribution in [0.3, 0.4) is 0 Å². The van der Waals surface area contributed by atoms with E-state index in [0.717, 1.165) is 37.1 Å². The van der Waals surface area contributed by atoms with E-state index in [1.165, 1.54) is 44.3 Å². The van der Waals surface area contributed by atoms with E-state index in [2.05, 4.69) is 37.1 Å². The molecule has 114 valence electrons. The molecular formula is C17H30N2O. The van der Waals surface area contributed by atoms with Gasteiger partial charge in [-0.2, -0.15) is 0 Å². The quantitative estimate of drug-likeness (QED) is 0.804. The van der Waals surface area contributed by atoms with Gasteiger partial charge in [0.2, 0.25) is 0 Å². The molecule has 1 aromatic heterocycles. The summed E-state index contributed by atoms with van der Waals surface area (Å²) in [6.45, 7) is 12.1. The Bertz CT molecular complexity index is 400. The monoisotopic (exact) mass is 278 g/mol. The van der Waals surface area contributed by atoms with E-state index in [-0.39, 0.29) is 0 Å². The van der Waals surface area contributed by atoms with Gasteiger partial charge in [0.25, 0.3) is 0 Å². The van der Waals surface area contributed by atoms with E-state index in [1.54, 1.807) is 0 Å². The van der Waals surface area contributed by atoms with Crippen LogP contribution in [-0.4, -0.2) is 24.5 Å². The summed E-state index contributed by atoms with van der Waals surface area (Å²) in [6, 6.07) is 2.24. The summed E-state index contributed by atoms with van der Waals surface area (Å²) in [7, 11) is 0. The average Bonchev–Trinajstić information content (AvgIpc) is 2.63. The summed E-state index contributed by atoms with van der Waals surface area (Å²) >= 11 is 0. The fraction of sp³-hybridized carbons (Fsp3) is 0.765. The Kier molecular flexibility index (Phi) is 6.11. The third kappa shape index (κ3) is 4.64. The SMILES string of the molecule is CCCNCc1cc(CN2CCCC(C)CC2)c(C)o1. The van der Waals surface area contributed by atoms with Crippen LogP contribution in [0, 0.1) is 12.8 Å². The van der Waals surface area contributed by atoms with Crippen LogP contribution < -0.4 is 5.32 Å². The standard InChI is InChI=1S/C17H30N2O/c1-4-8-18-12-17-11-16(15(3)20-17)13-19-9-5-6-14(2)7-10-19/h11,14,18H,4-10,12-13H2,1-3H3. The maximum Gasteiger partial charge on any atom is 0.118 e. The van der Waals surface area contributed by atoms with Gasteiger partial charge in [-0.25, -0.2) is 0 Å². The van der Waals surface area contributed by atoms with Crippen molar-refractivity contribution in [3.05, 3.63) is 23.2 Å². The minimum absolute atomic E-state index is 0.853. The fourth-order valence-electron chi connectivity index (χ4n) is 2.94. The van der Waals surface area contributed by atoms with Gasteiger partial charge in [-0.3, -0.25) is 4.90 Å². The molecule has 1 aliphatic heterocycles. The van der Waals surface area contributed by atoms with E-state index in [0.29, 0.717) is 0 Å². The largest absolute Gasteiger partial charge is 0.465 e. The van der Waals surface area contributed by atoms with Crippen LogP contribution in [0.15, 0.2) is 10.5 Å². The molecule has 1 unspecified atom stereocenters. The molecule has 1 saturated heterocycles. The number of rotatable bonds is 6. The third-order valence-corrected chi connectivity index (χ3v) is 4.30. The number of hydrogen-bond acceptors (Lipinski definition) is 3. The van der Waals surface area contributed by atoms with Gasteiger partial charge in [-0.05, 0) is 64.2 Å². The topological polar surface area (TPSA) is 28.4 Å². The number of nitrogens with zero attached hydrogens (tertiary/aromatic N) is 1. The van der Waals surface area contributed by atoms with E-state index in [1.807, 2.05) is 0 Å². The van der Waals surface area contributed by atoms with Crippen molar-refractivity contribution in [2.75, 3.05) is 19.6 Å². The Balaban J connectivity index is 1.88. The lowest BCUT2D eigenvalue weighted by Gasteiger charge is -2.19. The first-order valence-corrected chi connectivity index (χ1v) is 8.20. The van der Waals surface area contributed by atoms with E-state index in [4.69, 9.17) is 4.42 Å². The summed E-state index contributed by atoms with van der Waals surface area (Å²) in [5.74, 6) is 3.06. The summed E-state index contributed by atoms with van der Waals surface area (Å²) in [5, 5.41) is 3.40. The predicted octanol–water partition coefficient (Wildman–Crippen LogP) is 3.71. The van der Waals surface area contributed by atoms with Crippen LogP contribution in [0.4, 0.5) is 0 Å². The first-order chi connectivity index (χ1) is 9.69. The van der Waals surface area contributed by atoms with Crippen molar-refractivity contribution in [1.29, 1.82) is 0 Å². The summed E-state index contributed by atoms with van der Waals surface area (Å²) in [6.07, 6.45) is 5.22. The minimum atomic E-state index is 0.853. The smallest absolute Gasteiger partial charge is 0.118 e. The van der Waals surface area contributed by atoms with E-state index in [9.17, 15) is 0 Å². The van der Waals surface area contributed by atoms with Crippen LogP contribution in [0.25, 0.3) is 0 Å². The van der Waals surface area contributed by atoms with Crippen LogP contribution >= 0.6 is 0 Å². The van der Waals surface area contributed by atoms with E-state index >= 15 is 0 Å². The lowest BCUT2D eigenvalue weighted by Crippen LogP contribution is -2.24. The van der Waals surface area contributed by atoms with Crippen molar-refractivity contribution in [3.8, 4) is 0 Å². The minimum Gasteiger partial charge on any atom is -0.465 e.